The summed E-state index contributed by atoms with van der Waals surface area (Å²) in [5.41, 5.74) is 0. The first-order valence-electron chi connectivity index (χ1n) is 4.02. The number of nitrogens with zero attached hydrogens (tertiary/aromatic N) is 2. The van der Waals surface area contributed by atoms with E-state index in [4.69, 9.17) is 0 Å². The Balaban J connectivity index is 0.00000121. The predicted molar refractivity (Wildman–Crippen MR) is 45.1 cm³/mol. The molecule has 0 aliphatic heterocycles. The van der Waals surface area contributed by atoms with Crippen LogP contribution < -0.4 is 17.0 Å². The molecular weight excluding hydrogens is 172 g/mol. The molecule has 1 aromatic rings. The Labute approximate surface area is 79.9 Å². The highest BCUT2D eigenvalue weighted by atomic mass is 35.5. The fraction of sp³-hybridized carbons (Fsp3) is 0.444. The van der Waals surface area contributed by atoms with Crippen LogP contribution in [0.1, 0.15) is 13.3 Å². The van der Waals surface area contributed by atoms with Crippen molar-refractivity contribution >= 4 is 0 Å². The number of aromatic nitrogens is 2. The van der Waals surface area contributed by atoms with E-state index in [1.165, 1.54) is 6.42 Å². The van der Waals surface area contributed by atoms with Crippen molar-refractivity contribution < 1.29 is 17.0 Å². The van der Waals surface area contributed by atoms with E-state index in [0.717, 1.165) is 13.1 Å². The summed E-state index contributed by atoms with van der Waals surface area (Å²) in [6, 6.07) is 0. The minimum absolute atomic E-state index is 0. The molecule has 0 unspecified atom stereocenters. The van der Waals surface area contributed by atoms with Gasteiger partial charge in [0.05, 0.1) is 6.54 Å². The van der Waals surface area contributed by atoms with Crippen molar-refractivity contribution in [3.8, 4) is 0 Å². The Morgan fingerprint density at radius 2 is 2.33 bits per heavy atom. The van der Waals surface area contributed by atoms with E-state index in [9.17, 15) is 0 Å². The molecule has 12 heavy (non-hydrogen) atoms. The van der Waals surface area contributed by atoms with Gasteiger partial charge in [0.1, 0.15) is 18.9 Å². The predicted octanol–water partition coefficient (Wildman–Crippen LogP) is -1.62. The van der Waals surface area contributed by atoms with E-state index >= 15 is 0 Å². The molecular formula is C9H15ClN2. The van der Waals surface area contributed by atoms with Gasteiger partial charge in [0, 0.05) is 0 Å². The highest BCUT2D eigenvalue weighted by Crippen LogP contribution is 1.85. The Hall–Kier alpha value is -0.760. The van der Waals surface area contributed by atoms with E-state index < -0.39 is 0 Å². The van der Waals surface area contributed by atoms with E-state index in [1.807, 2.05) is 6.08 Å². The van der Waals surface area contributed by atoms with E-state index in [1.54, 1.807) is 0 Å². The summed E-state index contributed by atoms with van der Waals surface area (Å²) in [4.78, 5) is 0. The Bertz CT molecular complexity index is 230. The van der Waals surface area contributed by atoms with Crippen LogP contribution in [0.15, 0.2) is 31.4 Å². The van der Waals surface area contributed by atoms with Crippen LogP contribution in [-0.2, 0) is 13.1 Å². The van der Waals surface area contributed by atoms with Gasteiger partial charge < -0.3 is 12.4 Å². The van der Waals surface area contributed by atoms with Crippen molar-refractivity contribution in [3.63, 3.8) is 0 Å². The third-order valence-corrected chi connectivity index (χ3v) is 1.57. The summed E-state index contributed by atoms with van der Waals surface area (Å²) in [5.74, 6) is 0. The minimum atomic E-state index is 0. The Kier molecular flexibility index (Phi) is 5.47. The van der Waals surface area contributed by atoms with Crippen LogP contribution in [0.3, 0.4) is 0 Å². The van der Waals surface area contributed by atoms with Crippen molar-refractivity contribution in [3.05, 3.63) is 31.4 Å². The third kappa shape index (κ3) is 3.09. The summed E-state index contributed by atoms with van der Waals surface area (Å²) < 4.78 is 4.30. The lowest BCUT2D eigenvalue weighted by atomic mass is 10.5. The summed E-state index contributed by atoms with van der Waals surface area (Å²) in [7, 11) is 0. The molecule has 1 aromatic heterocycles. The molecule has 0 spiro atoms. The topological polar surface area (TPSA) is 8.81 Å². The van der Waals surface area contributed by atoms with Gasteiger partial charge in [-0.05, 0) is 6.42 Å². The molecule has 0 amide bonds. The second-order valence-corrected chi connectivity index (χ2v) is 2.64. The molecule has 68 valence electrons. The van der Waals surface area contributed by atoms with Gasteiger partial charge in [0.2, 0.25) is 6.33 Å². The van der Waals surface area contributed by atoms with Crippen LogP contribution >= 0.6 is 0 Å². The maximum Gasteiger partial charge on any atom is 0.244 e. The summed E-state index contributed by atoms with van der Waals surface area (Å²) in [6.45, 7) is 7.86. The number of hydrogen-bond acceptors (Lipinski definition) is 0. The molecule has 0 N–H and O–H groups in total. The second kappa shape index (κ2) is 5.84. The monoisotopic (exact) mass is 186 g/mol. The smallest absolute Gasteiger partial charge is 0.244 e. The summed E-state index contributed by atoms with van der Waals surface area (Å²) in [5, 5.41) is 0. The lowest BCUT2D eigenvalue weighted by Gasteiger charge is -1.88. The molecule has 3 heteroatoms. The first kappa shape index (κ1) is 11.2. The van der Waals surface area contributed by atoms with Crippen molar-refractivity contribution in [2.45, 2.75) is 26.4 Å². The number of allylic oxidation sites excluding steroid dienone is 1. The molecule has 0 saturated carbocycles. The van der Waals surface area contributed by atoms with Gasteiger partial charge in [0.15, 0.2) is 0 Å². The average Bonchev–Trinajstić information content (AvgIpc) is 2.38. The zero-order valence-corrected chi connectivity index (χ0v) is 8.17. The standard InChI is InChI=1S/C9H15N2.ClH/c1-3-5-10-7-8-11(9-10)6-4-2;/h3,7-9H,1,4-6H2,2H3;1H/q+1;/p-1. The van der Waals surface area contributed by atoms with Crippen LogP contribution in [0.4, 0.5) is 0 Å². The highest BCUT2D eigenvalue weighted by molar-refractivity contribution is 4.73. The lowest BCUT2D eigenvalue weighted by Crippen LogP contribution is -3.00. The van der Waals surface area contributed by atoms with E-state index in [0.29, 0.717) is 0 Å². The molecule has 0 aliphatic rings. The quantitative estimate of drug-likeness (QED) is 0.395. The van der Waals surface area contributed by atoms with E-state index in [2.05, 4.69) is 41.4 Å². The van der Waals surface area contributed by atoms with Crippen molar-refractivity contribution in [2.24, 2.45) is 0 Å². The highest BCUT2D eigenvalue weighted by Gasteiger charge is 1.98. The molecule has 2 nitrogen and oxygen atoms in total. The fourth-order valence-corrected chi connectivity index (χ4v) is 1.09. The van der Waals surface area contributed by atoms with Crippen molar-refractivity contribution in [1.29, 1.82) is 0 Å². The second-order valence-electron chi connectivity index (χ2n) is 2.64. The van der Waals surface area contributed by atoms with E-state index in [-0.39, 0.29) is 12.4 Å². The maximum atomic E-state index is 3.68. The Morgan fingerprint density at radius 3 is 2.92 bits per heavy atom. The van der Waals surface area contributed by atoms with Crippen LogP contribution in [0, 0.1) is 0 Å². The van der Waals surface area contributed by atoms with Gasteiger partial charge in [-0.15, -0.1) is 0 Å². The van der Waals surface area contributed by atoms with Crippen LogP contribution in [0.2, 0.25) is 0 Å². The first-order chi connectivity index (χ1) is 5.36. The zero-order chi connectivity index (χ0) is 8.10. The van der Waals surface area contributed by atoms with Crippen molar-refractivity contribution in [2.75, 3.05) is 0 Å². The van der Waals surface area contributed by atoms with Gasteiger partial charge in [-0.25, -0.2) is 9.13 Å². The zero-order valence-electron chi connectivity index (χ0n) is 7.41. The number of rotatable bonds is 4. The first-order valence-corrected chi connectivity index (χ1v) is 4.02. The largest absolute Gasteiger partial charge is 1.00 e. The number of aryl methyl sites for hydroxylation is 1. The van der Waals surface area contributed by atoms with Crippen LogP contribution in [0.25, 0.3) is 0 Å². The molecule has 0 radical (unpaired) electrons. The molecule has 0 saturated heterocycles. The molecule has 0 aromatic carbocycles. The molecule has 1 rings (SSSR count). The molecule has 0 fully saturated rings. The van der Waals surface area contributed by atoms with Gasteiger partial charge in [-0.1, -0.05) is 19.6 Å². The lowest BCUT2D eigenvalue weighted by molar-refractivity contribution is -0.696. The molecule has 0 atom stereocenters. The normalized spacial score (nSPS) is 9.08. The maximum absolute atomic E-state index is 3.68. The van der Waals surface area contributed by atoms with Gasteiger partial charge in [-0.2, -0.15) is 0 Å². The third-order valence-electron chi connectivity index (χ3n) is 1.57. The van der Waals surface area contributed by atoms with Crippen molar-refractivity contribution in [1.82, 2.24) is 4.57 Å². The summed E-state index contributed by atoms with van der Waals surface area (Å²) >= 11 is 0. The van der Waals surface area contributed by atoms with Crippen LogP contribution in [0.5, 0.6) is 0 Å². The summed E-state index contributed by atoms with van der Waals surface area (Å²) in [6.07, 6.45) is 9.34. The SMILES string of the molecule is C=CCn1cc[n+](CCC)c1.[Cl-]. The van der Waals surface area contributed by atoms with Gasteiger partial charge >= 0.3 is 0 Å². The average molecular weight is 187 g/mol. The Morgan fingerprint density at radius 1 is 1.58 bits per heavy atom. The van der Waals surface area contributed by atoms with Gasteiger partial charge in [-0.3, -0.25) is 0 Å². The molecule has 1 heterocycles. The molecule has 0 bridgehead atoms. The minimum Gasteiger partial charge on any atom is -1.00 e. The fourth-order valence-electron chi connectivity index (χ4n) is 1.09. The van der Waals surface area contributed by atoms with Gasteiger partial charge in [0.25, 0.3) is 0 Å². The number of hydrogen-bond donors (Lipinski definition) is 0. The van der Waals surface area contributed by atoms with Crippen LogP contribution in [-0.4, -0.2) is 4.57 Å². The number of halogens is 1. The molecule has 0 aliphatic carbocycles. The number of imidazole rings is 1.